The zero-order valence-electron chi connectivity index (χ0n) is 7.81. The van der Waals surface area contributed by atoms with Gasteiger partial charge in [0.1, 0.15) is 4.99 Å². The summed E-state index contributed by atoms with van der Waals surface area (Å²) in [5.74, 6) is -1.83. The van der Waals surface area contributed by atoms with Gasteiger partial charge in [-0.3, -0.25) is 4.79 Å². The highest BCUT2D eigenvalue weighted by Gasteiger charge is 2.19. The molecule has 1 aromatic rings. The van der Waals surface area contributed by atoms with E-state index in [0.29, 0.717) is 0 Å². The Balaban J connectivity index is 2.72. The molecule has 0 aromatic heterocycles. The third kappa shape index (κ3) is 3.04. The molecule has 0 saturated heterocycles. The normalized spacial score (nSPS) is 11.1. The molecule has 1 atom stereocenters. The summed E-state index contributed by atoms with van der Waals surface area (Å²) in [6.07, 6.45) is 0. The van der Waals surface area contributed by atoms with Crippen molar-refractivity contribution in [1.82, 2.24) is 0 Å². The molecule has 0 spiro atoms. The van der Waals surface area contributed by atoms with Gasteiger partial charge in [-0.25, -0.2) is 0 Å². The predicted octanol–water partition coefficient (Wildman–Crippen LogP) is 1.05. The highest BCUT2D eigenvalue weighted by Crippen LogP contribution is 2.08. The number of hydrogen-bond donors (Lipinski definition) is 2. The number of carbonyl (C=O) groups is 1. The van der Waals surface area contributed by atoms with Crippen molar-refractivity contribution >= 4 is 28.8 Å². The third-order valence-corrected chi connectivity index (χ3v) is 2.05. The van der Waals surface area contributed by atoms with Crippen molar-refractivity contribution < 1.29 is 4.79 Å². The van der Waals surface area contributed by atoms with Crippen molar-refractivity contribution in [3.8, 4) is 6.07 Å². The number of nitriles is 1. The molecular formula is C10H9N3OS. The summed E-state index contributed by atoms with van der Waals surface area (Å²) in [5, 5.41) is 11.4. The van der Waals surface area contributed by atoms with Gasteiger partial charge in [-0.2, -0.15) is 5.26 Å². The Hall–Kier alpha value is -1.93. The van der Waals surface area contributed by atoms with Crippen molar-refractivity contribution in [2.75, 3.05) is 5.32 Å². The first kappa shape index (κ1) is 11.1. The van der Waals surface area contributed by atoms with Crippen molar-refractivity contribution in [3.63, 3.8) is 0 Å². The number of benzene rings is 1. The summed E-state index contributed by atoms with van der Waals surface area (Å²) in [7, 11) is 0. The van der Waals surface area contributed by atoms with Gasteiger partial charge < -0.3 is 11.1 Å². The Morgan fingerprint density at radius 2 is 2.07 bits per heavy atom. The molecule has 0 saturated carbocycles. The predicted molar refractivity (Wildman–Crippen MR) is 61.0 cm³/mol. The van der Waals surface area contributed by atoms with E-state index in [4.69, 9.17) is 23.2 Å². The second-order valence-corrected chi connectivity index (χ2v) is 3.26. The fraction of sp³-hybridized carbons (Fsp3) is 0.100. The van der Waals surface area contributed by atoms with Crippen LogP contribution in [0.4, 0.5) is 5.69 Å². The van der Waals surface area contributed by atoms with Crippen LogP contribution in [0.2, 0.25) is 0 Å². The summed E-state index contributed by atoms with van der Waals surface area (Å²) in [4.78, 5) is 11.0. The van der Waals surface area contributed by atoms with Gasteiger partial charge in [-0.15, -0.1) is 0 Å². The summed E-state index contributed by atoms with van der Waals surface area (Å²) in [6.45, 7) is 0. The largest absolute Gasteiger partial charge is 0.368 e. The molecule has 3 N–H and O–H groups in total. The van der Waals surface area contributed by atoms with E-state index in [1.807, 2.05) is 18.2 Å². The molecule has 1 rings (SSSR count). The van der Waals surface area contributed by atoms with Crippen LogP contribution < -0.4 is 11.1 Å². The van der Waals surface area contributed by atoms with Crippen LogP contribution in [-0.4, -0.2) is 10.9 Å². The van der Waals surface area contributed by atoms with Crippen LogP contribution in [0.5, 0.6) is 0 Å². The van der Waals surface area contributed by atoms with Crippen LogP contribution in [0.15, 0.2) is 30.3 Å². The number of thiocarbonyl (C=S) groups is 1. The van der Waals surface area contributed by atoms with E-state index in [1.54, 1.807) is 18.2 Å². The Morgan fingerprint density at radius 1 is 1.47 bits per heavy atom. The van der Waals surface area contributed by atoms with E-state index in [-0.39, 0.29) is 4.99 Å². The van der Waals surface area contributed by atoms with Gasteiger partial charge in [-0.1, -0.05) is 30.4 Å². The first-order valence-electron chi connectivity index (χ1n) is 4.20. The van der Waals surface area contributed by atoms with Crippen LogP contribution in [-0.2, 0) is 4.79 Å². The Labute approximate surface area is 92.7 Å². The molecule has 5 heteroatoms. The summed E-state index contributed by atoms with van der Waals surface area (Å²) in [6, 6.07) is 10.8. The zero-order valence-corrected chi connectivity index (χ0v) is 8.62. The Bertz CT molecular complexity index is 410. The van der Waals surface area contributed by atoms with E-state index in [0.717, 1.165) is 5.69 Å². The first-order valence-corrected chi connectivity index (χ1v) is 4.61. The molecule has 0 aliphatic carbocycles. The average molecular weight is 219 g/mol. The molecule has 0 fully saturated rings. The quantitative estimate of drug-likeness (QED) is 0.745. The Morgan fingerprint density at radius 3 is 2.53 bits per heavy atom. The van der Waals surface area contributed by atoms with Crippen LogP contribution >= 0.6 is 12.2 Å². The molecule has 76 valence electrons. The van der Waals surface area contributed by atoms with E-state index in [1.165, 1.54) is 0 Å². The third-order valence-electron chi connectivity index (χ3n) is 1.72. The van der Waals surface area contributed by atoms with Gasteiger partial charge in [0.25, 0.3) is 0 Å². The van der Waals surface area contributed by atoms with Crippen molar-refractivity contribution in [2.45, 2.75) is 0 Å². The maximum Gasteiger partial charge on any atom is 0.241 e. The molecule has 0 unspecified atom stereocenters. The standard InChI is InChI=1S/C10H9N3OS/c11-6-8(9(12)14)10(15)13-7-4-2-1-3-5-7/h1-5,8H,(H2,12,14)(H,13,15)/t8-/m1/s1. The van der Waals surface area contributed by atoms with Crippen LogP contribution in [0, 0.1) is 17.2 Å². The fourth-order valence-corrected chi connectivity index (χ4v) is 1.27. The van der Waals surface area contributed by atoms with Gasteiger partial charge in [0.05, 0.1) is 6.07 Å². The van der Waals surface area contributed by atoms with E-state index >= 15 is 0 Å². The monoisotopic (exact) mass is 219 g/mol. The summed E-state index contributed by atoms with van der Waals surface area (Å²) < 4.78 is 0. The fourth-order valence-electron chi connectivity index (χ4n) is 0.987. The van der Waals surface area contributed by atoms with E-state index in [9.17, 15) is 4.79 Å². The number of primary amides is 1. The number of nitrogens with zero attached hydrogens (tertiary/aromatic N) is 1. The van der Waals surface area contributed by atoms with Crippen LogP contribution in [0.25, 0.3) is 0 Å². The average Bonchev–Trinajstić information content (AvgIpc) is 2.19. The number of anilines is 1. The van der Waals surface area contributed by atoms with Crippen molar-refractivity contribution in [1.29, 1.82) is 5.26 Å². The number of nitrogens with one attached hydrogen (secondary N) is 1. The number of para-hydroxylation sites is 1. The molecule has 15 heavy (non-hydrogen) atoms. The zero-order chi connectivity index (χ0) is 11.3. The highest BCUT2D eigenvalue weighted by atomic mass is 32.1. The minimum absolute atomic E-state index is 0.121. The summed E-state index contributed by atoms with van der Waals surface area (Å²) >= 11 is 4.90. The second kappa shape index (κ2) is 5.08. The second-order valence-electron chi connectivity index (χ2n) is 2.82. The first-order chi connectivity index (χ1) is 7.15. The number of hydrogen-bond acceptors (Lipinski definition) is 3. The maximum atomic E-state index is 10.8. The molecule has 0 heterocycles. The van der Waals surface area contributed by atoms with Crippen LogP contribution in [0.1, 0.15) is 0 Å². The number of nitrogens with two attached hydrogens (primary N) is 1. The number of carbonyl (C=O) groups excluding carboxylic acids is 1. The molecule has 0 radical (unpaired) electrons. The molecule has 0 aliphatic rings. The minimum atomic E-state index is -1.08. The lowest BCUT2D eigenvalue weighted by Crippen LogP contribution is -2.32. The topological polar surface area (TPSA) is 78.9 Å². The molecule has 0 bridgehead atoms. The lowest BCUT2D eigenvalue weighted by Gasteiger charge is -2.09. The molecular weight excluding hydrogens is 210 g/mol. The van der Waals surface area contributed by atoms with Gasteiger partial charge in [0.2, 0.25) is 5.91 Å². The smallest absolute Gasteiger partial charge is 0.241 e. The van der Waals surface area contributed by atoms with Crippen LogP contribution in [0.3, 0.4) is 0 Å². The molecule has 4 nitrogen and oxygen atoms in total. The molecule has 1 amide bonds. The summed E-state index contributed by atoms with van der Waals surface area (Å²) in [5.41, 5.74) is 5.74. The van der Waals surface area contributed by atoms with Gasteiger partial charge in [-0.05, 0) is 12.1 Å². The van der Waals surface area contributed by atoms with Crippen molar-refractivity contribution in [2.24, 2.45) is 11.7 Å². The minimum Gasteiger partial charge on any atom is -0.368 e. The van der Waals surface area contributed by atoms with Gasteiger partial charge in [0.15, 0.2) is 5.92 Å². The molecule has 0 aliphatic heterocycles. The highest BCUT2D eigenvalue weighted by molar-refractivity contribution is 7.80. The maximum absolute atomic E-state index is 10.8. The van der Waals surface area contributed by atoms with Crippen molar-refractivity contribution in [3.05, 3.63) is 30.3 Å². The number of amides is 1. The van der Waals surface area contributed by atoms with E-state index in [2.05, 4.69) is 5.32 Å². The van der Waals surface area contributed by atoms with Gasteiger partial charge >= 0.3 is 0 Å². The molecule has 1 aromatic carbocycles. The van der Waals surface area contributed by atoms with Gasteiger partial charge in [0, 0.05) is 5.69 Å². The SMILES string of the molecule is N#C[C@H](C(N)=O)C(=S)Nc1ccccc1. The van der Waals surface area contributed by atoms with E-state index < -0.39 is 11.8 Å². The lowest BCUT2D eigenvalue weighted by molar-refractivity contribution is -0.118. The lowest BCUT2D eigenvalue weighted by atomic mass is 10.1. The Kier molecular flexibility index (Phi) is 3.77. The number of rotatable bonds is 3.